The van der Waals surface area contributed by atoms with Gasteiger partial charge in [0.15, 0.2) is 0 Å². The van der Waals surface area contributed by atoms with Gasteiger partial charge in [-0.1, -0.05) is 199 Å². The molecule has 0 saturated carbocycles. The molecule has 73 heavy (non-hydrogen) atoms. The summed E-state index contributed by atoms with van der Waals surface area (Å²) in [4.78, 5) is 8.69. The summed E-state index contributed by atoms with van der Waals surface area (Å²) in [6.45, 7) is 32.3. The summed E-state index contributed by atoms with van der Waals surface area (Å²) in [6.07, 6.45) is 5.66. The fourth-order valence-corrected chi connectivity index (χ4v) is 7.66. The lowest BCUT2D eigenvalue weighted by atomic mass is 9.98. The van der Waals surface area contributed by atoms with Gasteiger partial charge < -0.3 is 9.84 Å². The SMILES string of the molecule is CC(C)c1cc(-c2ccccc2)ccn1.CC(C)c1ccc(Cl)c(O)c1.CC(C)c1ccc2cccnc2c1.CC(C)c1ccccc1C#N.CC(C)c1cn[nH]c1C(C)C.COc1ccc(C)cc1C(C)C. The molecule has 3 heterocycles. The van der Waals surface area contributed by atoms with E-state index in [0.29, 0.717) is 46.4 Å². The van der Waals surface area contributed by atoms with E-state index in [2.05, 4.69) is 203 Å². The van der Waals surface area contributed by atoms with Gasteiger partial charge in [-0.3, -0.25) is 15.1 Å². The summed E-state index contributed by atoms with van der Waals surface area (Å²) in [5, 5.41) is 26.6. The second kappa shape index (κ2) is 31.0. The Morgan fingerprint density at radius 2 is 1.16 bits per heavy atom. The van der Waals surface area contributed by atoms with E-state index < -0.39 is 0 Å². The molecule has 0 bridgehead atoms. The standard InChI is InChI=1S/C14H15N.C12H13N.C11H16O.C10H11N.C9H11ClO.C9H16N2/c1-11(2)14-10-13(8-9-15-14)12-6-4-3-5-7-12;1-9(2)11-6-5-10-4-3-7-13-12(10)8-11;1-8(2)10-7-9(3)5-6-11(10)12-4;1-8(2)10-6-4-3-5-9(10)7-11;1-6(2)7-3-4-8(10)9(11)5-7;1-6(2)8-5-10-11-9(8)7(3)4/h3-11H,1-2H3;3-9H,1-2H3;5-8H,1-4H3;3-6,8H,1-2H3;3-6,11H,1-2H3;5-7H,1-4H3,(H,10,11). The fraction of sp³-hybridized carbons (Fsp3) is 0.354. The van der Waals surface area contributed by atoms with E-state index >= 15 is 0 Å². The lowest BCUT2D eigenvalue weighted by molar-refractivity contribution is 0.407. The maximum absolute atomic E-state index is 9.22. The van der Waals surface area contributed by atoms with Crippen LogP contribution in [0.25, 0.3) is 22.0 Å². The molecule has 0 amide bonds. The number of aryl methyl sites for hydroxylation is 1. The van der Waals surface area contributed by atoms with Crippen LogP contribution in [0, 0.1) is 18.3 Å². The first-order chi connectivity index (χ1) is 34.7. The largest absolute Gasteiger partial charge is 0.506 e. The highest BCUT2D eigenvalue weighted by molar-refractivity contribution is 6.32. The molecule has 8 aromatic rings. The van der Waals surface area contributed by atoms with Gasteiger partial charge in [-0.2, -0.15) is 10.4 Å². The molecule has 0 spiro atoms. The van der Waals surface area contributed by atoms with Gasteiger partial charge in [0.1, 0.15) is 11.5 Å². The number of aromatic amines is 1. The molecule has 386 valence electrons. The van der Waals surface area contributed by atoms with Crippen molar-refractivity contribution in [2.45, 2.75) is 145 Å². The van der Waals surface area contributed by atoms with Crippen LogP contribution in [-0.4, -0.2) is 32.4 Å². The number of benzene rings is 5. The zero-order chi connectivity index (χ0) is 54.2. The summed E-state index contributed by atoms with van der Waals surface area (Å²) in [6, 6.07) is 46.7. The number of rotatable bonds is 9. The third-order valence-corrected chi connectivity index (χ3v) is 12.3. The molecule has 0 aliphatic heterocycles. The van der Waals surface area contributed by atoms with Gasteiger partial charge in [-0.05, 0) is 136 Å². The third kappa shape index (κ3) is 20.0. The lowest BCUT2D eigenvalue weighted by Gasteiger charge is -2.11. The van der Waals surface area contributed by atoms with Crippen LogP contribution in [0.3, 0.4) is 0 Å². The van der Waals surface area contributed by atoms with E-state index in [1.807, 2.05) is 67.1 Å². The highest BCUT2D eigenvalue weighted by Crippen LogP contribution is 2.29. The summed E-state index contributed by atoms with van der Waals surface area (Å²) < 4.78 is 5.26. The van der Waals surface area contributed by atoms with Crippen molar-refractivity contribution in [2.24, 2.45) is 0 Å². The number of nitrogens with zero attached hydrogens (tertiary/aromatic N) is 4. The molecule has 0 aliphatic carbocycles. The molecular weight excluding hydrogens is 918 g/mol. The Balaban J connectivity index is 0.000000232. The summed E-state index contributed by atoms with van der Waals surface area (Å²) in [5.74, 6) is 4.73. The number of pyridine rings is 2. The monoisotopic (exact) mass is 1000 g/mol. The second-order valence-corrected chi connectivity index (χ2v) is 20.7. The average Bonchev–Trinajstić information content (AvgIpc) is 3.90. The molecule has 5 aromatic carbocycles. The Morgan fingerprint density at radius 1 is 0.548 bits per heavy atom. The molecule has 8 rings (SSSR count). The predicted octanol–water partition coefficient (Wildman–Crippen LogP) is 18.9. The van der Waals surface area contributed by atoms with Crippen molar-refractivity contribution in [3.8, 4) is 28.7 Å². The van der Waals surface area contributed by atoms with Crippen LogP contribution < -0.4 is 4.74 Å². The number of methoxy groups -OCH3 is 1. The zero-order valence-corrected chi connectivity index (χ0v) is 47.3. The Kier molecular flexibility index (Phi) is 25.7. The van der Waals surface area contributed by atoms with Gasteiger partial charge in [0.2, 0.25) is 0 Å². The summed E-state index contributed by atoms with van der Waals surface area (Å²) in [7, 11) is 1.72. The zero-order valence-electron chi connectivity index (χ0n) is 46.5. The number of fused-ring (bicyclic) bond motifs is 1. The van der Waals surface area contributed by atoms with Gasteiger partial charge >= 0.3 is 0 Å². The second-order valence-electron chi connectivity index (χ2n) is 20.3. The molecule has 0 radical (unpaired) electrons. The van der Waals surface area contributed by atoms with Gasteiger partial charge in [-0.15, -0.1) is 0 Å². The minimum absolute atomic E-state index is 0.165. The quantitative estimate of drug-likeness (QED) is 0.149. The predicted molar refractivity (Wildman–Crippen MR) is 311 cm³/mol. The number of phenols is 1. The number of aromatic hydroxyl groups is 1. The van der Waals surface area contributed by atoms with E-state index in [-0.39, 0.29) is 5.75 Å². The lowest BCUT2D eigenvalue weighted by Crippen LogP contribution is -1.95. The number of hydrogen-bond acceptors (Lipinski definition) is 6. The molecule has 0 aliphatic rings. The van der Waals surface area contributed by atoms with E-state index in [1.54, 1.807) is 19.2 Å². The van der Waals surface area contributed by atoms with Crippen LogP contribution in [-0.2, 0) is 0 Å². The van der Waals surface area contributed by atoms with Crippen LogP contribution in [0.1, 0.15) is 189 Å². The van der Waals surface area contributed by atoms with Gasteiger partial charge in [0.05, 0.1) is 35.5 Å². The minimum Gasteiger partial charge on any atom is -0.506 e. The molecular formula is C65H82ClN5O2. The van der Waals surface area contributed by atoms with Crippen LogP contribution >= 0.6 is 11.6 Å². The van der Waals surface area contributed by atoms with E-state index in [0.717, 1.165) is 33.7 Å². The normalized spacial score (nSPS) is 10.6. The Labute approximate surface area is 444 Å². The first-order valence-corrected chi connectivity index (χ1v) is 26.1. The summed E-state index contributed by atoms with van der Waals surface area (Å²) >= 11 is 5.64. The molecule has 3 aromatic heterocycles. The van der Waals surface area contributed by atoms with Crippen molar-refractivity contribution >= 4 is 22.5 Å². The van der Waals surface area contributed by atoms with Crippen molar-refractivity contribution in [1.29, 1.82) is 5.26 Å². The molecule has 0 saturated heterocycles. The highest BCUT2D eigenvalue weighted by Gasteiger charge is 2.11. The Morgan fingerprint density at radius 3 is 1.71 bits per heavy atom. The Bertz CT molecular complexity index is 2870. The fourth-order valence-electron chi connectivity index (χ4n) is 7.54. The van der Waals surface area contributed by atoms with Gasteiger partial charge in [-0.25, -0.2) is 0 Å². The molecule has 8 heteroatoms. The van der Waals surface area contributed by atoms with Crippen molar-refractivity contribution in [2.75, 3.05) is 7.11 Å². The van der Waals surface area contributed by atoms with Crippen LogP contribution in [0.4, 0.5) is 0 Å². The number of nitrogens with one attached hydrogen (secondary N) is 1. The van der Waals surface area contributed by atoms with E-state index in [1.165, 1.54) is 44.5 Å². The van der Waals surface area contributed by atoms with Crippen molar-refractivity contribution in [3.05, 3.63) is 207 Å². The average molecular weight is 1000 g/mol. The number of nitriles is 1. The summed E-state index contributed by atoms with van der Waals surface area (Å²) in [5.41, 5.74) is 14.3. The van der Waals surface area contributed by atoms with Crippen LogP contribution in [0.2, 0.25) is 5.02 Å². The number of phenolic OH excluding ortho intramolecular Hbond substituents is 1. The van der Waals surface area contributed by atoms with E-state index in [4.69, 9.17) is 21.6 Å². The number of hydrogen-bond donors (Lipinski definition) is 2. The number of aromatic nitrogens is 4. The first-order valence-electron chi connectivity index (χ1n) is 25.7. The van der Waals surface area contributed by atoms with E-state index in [9.17, 15) is 5.11 Å². The maximum atomic E-state index is 9.22. The van der Waals surface area contributed by atoms with Gasteiger partial charge in [0.25, 0.3) is 0 Å². The highest BCUT2D eigenvalue weighted by atomic mass is 35.5. The van der Waals surface area contributed by atoms with Crippen LogP contribution in [0.5, 0.6) is 11.5 Å². The molecule has 0 fully saturated rings. The van der Waals surface area contributed by atoms with Crippen molar-refractivity contribution in [3.63, 3.8) is 0 Å². The third-order valence-electron chi connectivity index (χ3n) is 12.0. The van der Waals surface area contributed by atoms with Gasteiger partial charge in [0, 0.05) is 29.2 Å². The maximum Gasteiger partial charge on any atom is 0.134 e. The minimum atomic E-state index is 0.165. The number of ether oxygens (including phenoxy) is 1. The molecule has 0 unspecified atom stereocenters. The number of H-pyrrole nitrogens is 1. The Hall–Kier alpha value is -6.75. The molecule has 7 nitrogen and oxygen atoms in total. The molecule has 2 N–H and O–H groups in total. The topological polar surface area (TPSA) is 108 Å². The smallest absolute Gasteiger partial charge is 0.134 e. The van der Waals surface area contributed by atoms with Crippen molar-refractivity contribution in [1.82, 2.24) is 20.2 Å². The number of halogens is 1. The van der Waals surface area contributed by atoms with Crippen molar-refractivity contribution < 1.29 is 9.84 Å². The van der Waals surface area contributed by atoms with Crippen LogP contribution in [0.15, 0.2) is 152 Å². The molecule has 0 atom stereocenters. The first kappa shape index (κ1) is 60.6.